The molecule has 0 spiro atoms. The average Bonchev–Trinajstić information content (AvgIpc) is 2.73. The minimum Gasteiger partial charge on any atom is -0.380 e. The van der Waals surface area contributed by atoms with Crippen molar-refractivity contribution in [1.29, 1.82) is 0 Å². The summed E-state index contributed by atoms with van der Waals surface area (Å²) < 4.78 is 26.5. The first-order chi connectivity index (χ1) is 13.8. The molecule has 0 saturated carbocycles. The fraction of sp³-hybridized carbons (Fsp3) is 0.409. The summed E-state index contributed by atoms with van der Waals surface area (Å²) in [5, 5.41) is 13.6. The lowest BCUT2D eigenvalue weighted by Crippen LogP contribution is -2.50. The van der Waals surface area contributed by atoms with E-state index in [1.165, 1.54) is 9.87 Å². The van der Waals surface area contributed by atoms with Crippen LogP contribution >= 0.6 is 0 Å². The predicted octanol–water partition coefficient (Wildman–Crippen LogP) is 2.25. The van der Waals surface area contributed by atoms with Gasteiger partial charge >= 0.3 is 0 Å². The van der Waals surface area contributed by atoms with Gasteiger partial charge in [-0.15, -0.1) is 0 Å². The fourth-order valence-electron chi connectivity index (χ4n) is 3.75. The van der Waals surface area contributed by atoms with E-state index >= 15 is 0 Å². The Kier molecular flexibility index (Phi) is 6.41. The van der Waals surface area contributed by atoms with Gasteiger partial charge in [0.15, 0.2) is 0 Å². The fourth-order valence-corrected chi connectivity index (χ4v) is 5.21. The van der Waals surface area contributed by atoms with Gasteiger partial charge in [-0.3, -0.25) is 4.79 Å². The largest absolute Gasteiger partial charge is 0.380 e. The summed E-state index contributed by atoms with van der Waals surface area (Å²) in [7, 11) is -3.50. The van der Waals surface area contributed by atoms with Crippen molar-refractivity contribution < 1.29 is 18.3 Å². The Hall–Kier alpha value is -2.22. The minimum absolute atomic E-state index is 0.231. The molecule has 0 saturated heterocycles. The van der Waals surface area contributed by atoms with Gasteiger partial charge in [-0.1, -0.05) is 50.2 Å². The Morgan fingerprint density at radius 3 is 2.31 bits per heavy atom. The molecule has 1 unspecified atom stereocenters. The average molecular weight is 417 g/mol. The van der Waals surface area contributed by atoms with Crippen LogP contribution in [0.15, 0.2) is 53.4 Å². The van der Waals surface area contributed by atoms with Crippen LogP contribution < -0.4 is 5.32 Å². The quantitative estimate of drug-likeness (QED) is 0.725. The molecule has 3 rings (SSSR count). The summed E-state index contributed by atoms with van der Waals surface area (Å²) in [6.45, 7) is 4.67. The standard InChI is InChI=1S/C22H28N2O4S/c1-3-24(4-2)29(27,28)20-11-9-17(10-12-20)16-23-21(25)22(26)14-13-18-7-5-6-8-19(18)15-22/h5-12,26H,3-4,13-16H2,1-2H3,(H,23,25). The highest BCUT2D eigenvalue weighted by Gasteiger charge is 2.38. The summed E-state index contributed by atoms with van der Waals surface area (Å²) in [5.74, 6) is -0.396. The van der Waals surface area contributed by atoms with Gasteiger partial charge in [-0.2, -0.15) is 4.31 Å². The normalized spacial score (nSPS) is 19.0. The molecule has 1 atom stereocenters. The van der Waals surface area contributed by atoms with E-state index in [0.717, 1.165) is 11.1 Å². The maximum atomic E-state index is 12.6. The highest BCUT2D eigenvalue weighted by molar-refractivity contribution is 7.89. The molecular formula is C22H28N2O4S. The van der Waals surface area contributed by atoms with Gasteiger partial charge in [0.05, 0.1) is 4.90 Å². The third-order valence-corrected chi connectivity index (χ3v) is 7.62. The molecule has 2 aromatic rings. The molecule has 2 aromatic carbocycles. The number of hydrogen-bond acceptors (Lipinski definition) is 4. The molecule has 0 bridgehead atoms. The summed E-state index contributed by atoms with van der Waals surface area (Å²) >= 11 is 0. The summed E-state index contributed by atoms with van der Waals surface area (Å²) in [4.78, 5) is 12.9. The van der Waals surface area contributed by atoms with Gasteiger partial charge in [0.1, 0.15) is 5.60 Å². The third-order valence-electron chi connectivity index (χ3n) is 5.55. The first-order valence-electron chi connectivity index (χ1n) is 9.96. The summed E-state index contributed by atoms with van der Waals surface area (Å²) in [6, 6.07) is 14.3. The Morgan fingerprint density at radius 2 is 1.69 bits per heavy atom. The highest BCUT2D eigenvalue weighted by Crippen LogP contribution is 2.29. The Labute approximate surface area is 172 Å². The van der Waals surface area contributed by atoms with Crippen molar-refractivity contribution in [1.82, 2.24) is 9.62 Å². The van der Waals surface area contributed by atoms with Crippen LogP contribution in [0.25, 0.3) is 0 Å². The van der Waals surface area contributed by atoms with Crippen LogP contribution in [0, 0.1) is 0 Å². The topological polar surface area (TPSA) is 86.7 Å². The van der Waals surface area contributed by atoms with Gasteiger partial charge in [0.2, 0.25) is 10.0 Å². The number of aryl methyl sites for hydroxylation is 1. The number of sulfonamides is 1. The van der Waals surface area contributed by atoms with Crippen molar-refractivity contribution in [2.45, 2.75) is 50.2 Å². The Balaban J connectivity index is 1.64. The molecule has 1 aliphatic carbocycles. The predicted molar refractivity (Wildman–Crippen MR) is 112 cm³/mol. The van der Waals surface area contributed by atoms with Crippen LogP contribution in [0.2, 0.25) is 0 Å². The zero-order chi connectivity index (χ0) is 21.1. The lowest BCUT2D eigenvalue weighted by molar-refractivity contribution is -0.141. The lowest BCUT2D eigenvalue weighted by atomic mass is 9.80. The molecule has 0 fully saturated rings. The number of fused-ring (bicyclic) bond motifs is 1. The first-order valence-corrected chi connectivity index (χ1v) is 11.4. The number of amides is 1. The van der Waals surface area contributed by atoms with E-state index in [0.29, 0.717) is 32.4 Å². The molecule has 29 heavy (non-hydrogen) atoms. The number of rotatable bonds is 7. The SMILES string of the molecule is CCN(CC)S(=O)(=O)c1ccc(CNC(=O)C2(O)CCc3ccccc3C2)cc1. The maximum absolute atomic E-state index is 12.6. The number of nitrogens with zero attached hydrogens (tertiary/aromatic N) is 1. The molecule has 0 aromatic heterocycles. The number of hydrogen-bond donors (Lipinski definition) is 2. The van der Waals surface area contributed by atoms with E-state index in [-0.39, 0.29) is 11.4 Å². The van der Waals surface area contributed by atoms with E-state index in [2.05, 4.69) is 5.32 Å². The Bertz CT molecular complexity index is 969. The Morgan fingerprint density at radius 1 is 1.07 bits per heavy atom. The van der Waals surface area contributed by atoms with Crippen LogP contribution in [0.1, 0.15) is 37.0 Å². The molecule has 6 nitrogen and oxygen atoms in total. The lowest BCUT2D eigenvalue weighted by Gasteiger charge is -2.32. The van der Waals surface area contributed by atoms with Crippen molar-refractivity contribution >= 4 is 15.9 Å². The van der Waals surface area contributed by atoms with Gasteiger partial charge in [-0.05, 0) is 41.7 Å². The number of carbonyl (C=O) groups is 1. The molecule has 0 radical (unpaired) electrons. The van der Waals surface area contributed by atoms with Crippen LogP contribution in [-0.2, 0) is 34.2 Å². The van der Waals surface area contributed by atoms with Gasteiger partial charge in [-0.25, -0.2) is 8.42 Å². The van der Waals surface area contributed by atoms with E-state index in [9.17, 15) is 18.3 Å². The summed E-state index contributed by atoms with van der Waals surface area (Å²) in [6.07, 6.45) is 1.35. The highest BCUT2D eigenvalue weighted by atomic mass is 32.2. The van der Waals surface area contributed by atoms with Gasteiger partial charge in [0.25, 0.3) is 5.91 Å². The number of carbonyl (C=O) groups excluding carboxylic acids is 1. The molecule has 1 amide bonds. The van der Waals surface area contributed by atoms with Crippen LogP contribution in [0.3, 0.4) is 0 Å². The monoisotopic (exact) mass is 416 g/mol. The molecule has 156 valence electrons. The number of nitrogens with one attached hydrogen (secondary N) is 1. The maximum Gasteiger partial charge on any atom is 0.252 e. The zero-order valence-corrected chi connectivity index (χ0v) is 17.7. The molecule has 7 heteroatoms. The minimum atomic E-state index is -3.50. The third kappa shape index (κ3) is 4.52. The number of benzene rings is 2. The second-order valence-corrected chi connectivity index (χ2v) is 9.33. The van der Waals surface area contributed by atoms with Crippen molar-refractivity contribution in [2.24, 2.45) is 0 Å². The van der Waals surface area contributed by atoms with Crippen molar-refractivity contribution in [3.05, 3.63) is 65.2 Å². The van der Waals surface area contributed by atoms with Crippen LogP contribution in [0.4, 0.5) is 0 Å². The van der Waals surface area contributed by atoms with E-state index < -0.39 is 21.5 Å². The van der Waals surface area contributed by atoms with E-state index in [4.69, 9.17) is 0 Å². The molecule has 2 N–H and O–H groups in total. The molecule has 1 aliphatic rings. The van der Waals surface area contributed by atoms with Crippen molar-refractivity contribution in [3.63, 3.8) is 0 Å². The first kappa shape index (κ1) is 21.5. The smallest absolute Gasteiger partial charge is 0.252 e. The van der Waals surface area contributed by atoms with Crippen molar-refractivity contribution in [2.75, 3.05) is 13.1 Å². The van der Waals surface area contributed by atoms with Gasteiger partial charge in [0, 0.05) is 26.1 Å². The van der Waals surface area contributed by atoms with E-state index in [1.54, 1.807) is 38.1 Å². The summed E-state index contributed by atoms with van der Waals surface area (Å²) in [5.41, 5.74) is 1.54. The van der Waals surface area contributed by atoms with Gasteiger partial charge < -0.3 is 10.4 Å². The molecular weight excluding hydrogens is 388 g/mol. The second kappa shape index (κ2) is 8.65. The van der Waals surface area contributed by atoms with Crippen LogP contribution in [0.5, 0.6) is 0 Å². The zero-order valence-electron chi connectivity index (χ0n) is 16.9. The molecule has 0 heterocycles. The van der Waals surface area contributed by atoms with E-state index in [1.807, 2.05) is 24.3 Å². The number of aliphatic hydroxyl groups is 1. The van der Waals surface area contributed by atoms with Crippen molar-refractivity contribution in [3.8, 4) is 0 Å². The van der Waals surface area contributed by atoms with Crippen LogP contribution in [-0.4, -0.2) is 42.4 Å². The second-order valence-electron chi connectivity index (χ2n) is 7.39. The molecule has 0 aliphatic heterocycles.